The summed E-state index contributed by atoms with van der Waals surface area (Å²) < 4.78 is 40.4. The minimum absolute atomic E-state index is 0.00593. The van der Waals surface area contributed by atoms with E-state index in [2.05, 4.69) is 0 Å². The third kappa shape index (κ3) is 2.37. The van der Waals surface area contributed by atoms with Gasteiger partial charge in [0.15, 0.2) is 17.5 Å². The average Bonchev–Trinajstić information content (AvgIpc) is 2.26. The molecule has 2 rings (SSSR count). The van der Waals surface area contributed by atoms with E-state index in [-0.39, 0.29) is 3.57 Å². The molecule has 0 N–H and O–H groups in total. The molecule has 2 aromatic carbocycles. The zero-order valence-corrected chi connectivity index (χ0v) is 10.2. The van der Waals surface area contributed by atoms with E-state index < -0.39 is 38.7 Å². The highest BCUT2D eigenvalue weighted by molar-refractivity contribution is 5.07. The molecular weight excluding hydrogens is 328 g/mol. The van der Waals surface area contributed by atoms with E-state index >= 15 is 0 Å². The summed E-state index contributed by atoms with van der Waals surface area (Å²) in [6.45, 7) is 0. The molecule has 0 amide bonds. The van der Waals surface area contributed by atoms with Gasteiger partial charge in [0, 0.05) is 0 Å². The van der Waals surface area contributed by atoms with Crippen molar-refractivity contribution in [1.29, 1.82) is 0 Å². The fourth-order valence-electron chi connectivity index (χ4n) is 1.19. The Bertz CT molecular complexity index is 491. The standard InChI is InChI=1S/C12H7F3I/c13-8-4-1-2-7-11(8)16-12-9(14)5-3-6-10(12)15/h1-7H/q+1. The molecule has 0 atom stereocenters. The molecule has 0 bridgehead atoms. The van der Waals surface area contributed by atoms with Crippen molar-refractivity contribution in [3.63, 3.8) is 0 Å². The maximum absolute atomic E-state index is 13.3. The Morgan fingerprint density at radius 1 is 0.688 bits per heavy atom. The number of rotatable bonds is 2. The Morgan fingerprint density at radius 2 is 1.25 bits per heavy atom. The van der Waals surface area contributed by atoms with Crippen molar-refractivity contribution < 1.29 is 34.4 Å². The highest BCUT2D eigenvalue weighted by Crippen LogP contribution is 2.01. The van der Waals surface area contributed by atoms with Crippen LogP contribution in [0.5, 0.6) is 0 Å². The van der Waals surface area contributed by atoms with E-state index in [0.717, 1.165) is 0 Å². The van der Waals surface area contributed by atoms with Crippen molar-refractivity contribution in [1.82, 2.24) is 0 Å². The molecule has 0 fully saturated rings. The van der Waals surface area contributed by atoms with E-state index in [9.17, 15) is 13.2 Å². The molecule has 0 aliphatic heterocycles. The average molecular weight is 335 g/mol. The van der Waals surface area contributed by atoms with Crippen LogP contribution in [0.1, 0.15) is 0 Å². The molecule has 82 valence electrons. The van der Waals surface area contributed by atoms with Gasteiger partial charge in [-0.3, -0.25) is 0 Å². The molecule has 0 aromatic heterocycles. The molecule has 0 saturated carbocycles. The van der Waals surface area contributed by atoms with Crippen LogP contribution >= 0.6 is 0 Å². The van der Waals surface area contributed by atoms with Crippen LogP contribution in [0.2, 0.25) is 0 Å². The summed E-state index contributed by atoms with van der Waals surface area (Å²) in [5.74, 6) is -1.61. The Balaban J connectivity index is 2.38. The van der Waals surface area contributed by atoms with Gasteiger partial charge in [-0.15, -0.1) is 0 Å². The minimum atomic E-state index is -1.16. The summed E-state index contributed by atoms with van der Waals surface area (Å²) in [7, 11) is 0. The molecule has 16 heavy (non-hydrogen) atoms. The molecule has 0 unspecified atom stereocenters. The van der Waals surface area contributed by atoms with Gasteiger partial charge in [-0.1, -0.05) is 18.2 Å². The Morgan fingerprint density at radius 3 is 1.88 bits per heavy atom. The highest BCUT2D eigenvalue weighted by atomic mass is 127. The topological polar surface area (TPSA) is 0 Å². The van der Waals surface area contributed by atoms with Gasteiger partial charge < -0.3 is 0 Å². The van der Waals surface area contributed by atoms with Gasteiger partial charge in [0.1, 0.15) is 0 Å². The van der Waals surface area contributed by atoms with Crippen LogP contribution in [0.25, 0.3) is 0 Å². The lowest BCUT2D eigenvalue weighted by Gasteiger charge is -1.92. The number of hydrogen-bond donors (Lipinski definition) is 0. The van der Waals surface area contributed by atoms with Crippen molar-refractivity contribution in [2.45, 2.75) is 0 Å². The van der Waals surface area contributed by atoms with E-state index in [1.54, 1.807) is 18.2 Å². The predicted molar refractivity (Wildman–Crippen MR) is 50.2 cm³/mol. The molecule has 0 saturated heterocycles. The van der Waals surface area contributed by atoms with Crippen LogP contribution in [0, 0.1) is 24.6 Å². The van der Waals surface area contributed by atoms with Crippen molar-refractivity contribution in [3.05, 3.63) is 67.1 Å². The second-order valence-electron chi connectivity index (χ2n) is 3.04. The van der Waals surface area contributed by atoms with E-state index in [1.807, 2.05) is 0 Å². The first kappa shape index (κ1) is 11.4. The van der Waals surface area contributed by atoms with Crippen LogP contribution in [0.4, 0.5) is 13.2 Å². The van der Waals surface area contributed by atoms with Crippen LogP contribution in [0.15, 0.2) is 42.5 Å². The summed E-state index contributed by atoms with van der Waals surface area (Å²) >= 11 is -1.16. The van der Waals surface area contributed by atoms with Gasteiger partial charge in [-0.05, 0) is 24.3 Å². The minimum Gasteiger partial charge on any atom is -0.202 e. The first-order valence-electron chi connectivity index (χ1n) is 4.52. The van der Waals surface area contributed by atoms with E-state index in [4.69, 9.17) is 0 Å². The van der Waals surface area contributed by atoms with Crippen LogP contribution in [0.3, 0.4) is 0 Å². The lowest BCUT2D eigenvalue weighted by Crippen LogP contribution is -3.62. The lowest BCUT2D eigenvalue weighted by atomic mass is 10.3. The highest BCUT2D eigenvalue weighted by Gasteiger charge is 2.27. The predicted octanol–water partition coefficient (Wildman–Crippen LogP) is 0.232. The molecular formula is C12H7F3I+. The zero-order chi connectivity index (χ0) is 11.5. The molecule has 0 nitrogen and oxygen atoms in total. The molecule has 4 heteroatoms. The van der Waals surface area contributed by atoms with E-state index in [0.29, 0.717) is 3.57 Å². The molecule has 0 spiro atoms. The van der Waals surface area contributed by atoms with Crippen LogP contribution in [-0.4, -0.2) is 0 Å². The quantitative estimate of drug-likeness (QED) is 0.545. The number of halogens is 4. The lowest BCUT2D eigenvalue weighted by molar-refractivity contribution is -0.606. The van der Waals surface area contributed by atoms with Gasteiger partial charge in [0.25, 0.3) is 3.57 Å². The normalized spacial score (nSPS) is 10.4. The smallest absolute Gasteiger partial charge is 0.202 e. The molecule has 0 radical (unpaired) electrons. The molecule has 2 aromatic rings. The third-order valence-corrected chi connectivity index (χ3v) is 4.95. The molecule has 0 aliphatic carbocycles. The number of benzene rings is 2. The summed E-state index contributed by atoms with van der Waals surface area (Å²) in [5, 5.41) is 0. The zero-order valence-electron chi connectivity index (χ0n) is 8.05. The fraction of sp³-hybridized carbons (Fsp3) is 0. The molecule has 0 aliphatic rings. The Kier molecular flexibility index (Phi) is 3.48. The van der Waals surface area contributed by atoms with Crippen molar-refractivity contribution in [3.8, 4) is 0 Å². The summed E-state index contributed by atoms with van der Waals surface area (Å²) in [6.07, 6.45) is 0. The van der Waals surface area contributed by atoms with Crippen LogP contribution in [-0.2, 0) is 0 Å². The van der Waals surface area contributed by atoms with Crippen molar-refractivity contribution in [2.75, 3.05) is 0 Å². The largest absolute Gasteiger partial charge is 0.367 e. The SMILES string of the molecule is Fc1ccccc1[I+]c1c(F)cccc1F. The first-order chi connectivity index (χ1) is 7.68. The Hall–Kier alpha value is -1.04. The van der Waals surface area contributed by atoms with Crippen molar-refractivity contribution in [2.24, 2.45) is 0 Å². The van der Waals surface area contributed by atoms with Crippen molar-refractivity contribution >= 4 is 0 Å². The summed E-state index contributed by atoms with van der Waals surface area (Å²) in [5.41, 5.74) is 0. The van der Waals surface area contributed by atoms with Crippen LogP contribution < -0.4 is 21.2 Å². The second-order valence-corrected chi connectivity index (χ2v) is 5.82. The summed E-state index contributed by atoms with van der Waals surface area (Å²) in [6, 6.07) is 9.77. The third-order valence-electron chi connectivity index (χ3n) is 1.93. The monoisotopic (exact) mass is 335 g/mol. The second kappa shape index (κ2) is 4.86. The maximum atomic E-state index is 13.3. The van der Waals surface area contributed by atoms with Gasteiger partial charge in [0.2, 0.25) is 3.57 Å². The van der Waals surface area contributed by atoms with Gasteiger partial charge in [-0.25, -0.2) is 13.2 Å². The first-order valence-corrected chi connectivity index (χ1v) is 6.67. The fourth-order valence-corrected chi connectivity index (χ4v) is 3.47. The van der Waals surface area contributed by atoms with Gasteiger partial charge in [0.05, 0.1) is 0 Å². The summed E-state index contributed by atoms with van der Waals surface area (Å²) in [4.78, 5) is 0. The number of hydrogen-bond acceptors (Lipinski definition) is 0. The molecule has 0 heterocycles. The van der Waals surface area contributed by atoms with E-state index in [1.165, 1.54) is 24.3 Å². The maximum Gasteiger partial charge on any atom is 0.367 e. The van der Waals surface area contributed by atoms with Gasteiger partial charge in [-0.2, -0.15) is 0 Å². The Labute approximate surface area is 101 Å². The van der Waals surface area contributed by atoms with Gasteiger partial charge >= 0.3 is 21.2 Å².